The van der Waals surface area contributed by atoms with Gasteiger partial charge < -0.3 is 9.80 Å². The lowest BCUT2D eigenvalue weighted by Crippen LogP contribution is -2.49. The maximum Gasteiger partial charge on any atom is 0.253 e. The average Bonchev–Trinajstić information content (AvgIpc) is 2.74. The molecular formula is C22H21ClN2O2. The zero-order chi connectivity index (χ0) is 19.2. The molecule has 0 aromatic heterocycles. The first-order valence-corrected chi connectivity index (χ1v) is 9.46. The van der Waals surface area contributed by atoms with E-state index in [1.165, 1.54) is 0 Å². The number of benzene rings is 2. The van der Waals surface area contributed by atoms with Gasteiger partial charge in [0, 0.05) is 35.9 Å². The first-order chi connectivity index (χ1) is 13.1. The third kappa shape index (κ3) is 4.32. The molecule has 27 heavy (non-hydrogen) atoms. The van der Waals surface area contributed by atoms with Crippen molar-refractivity contribution in [1.29, 1.82) is 0 Å². The van der Waals surface area contributed by atoms with Crippen molar-refractivity contribution in [2.75, 3.05) is 23.9 Å². The number of nitrogens with zero attached hydrogens (tertiary/aromatic N) is 2. The van der Waals surface area contributed by atoms with Crippen molar-refractivity contribution in [2.45, 2.75) is 18.9 Å². The lowest BCUT2D eigenvalue weighted by molar-refractivity contribution is -0.116. The summed E-state index contributed by atoms with van der Waals surface area (Å²) in [5, 5.41) is 0. The summed E-state index contributed by atoms with van der Waals surface area (Å²) < 4.78 is 0. The maximum absolute atomic E-state index is 12.8. The first kappa shape index (κ1) is 19.0. The van der Waals surface area contributed by atoms with Crippen LogP contribution in [0.5, 0.6) is 0 Å². The number of halogens is 1. The van der Waals surface area contributed by atoms with Gasteiger partial charge in [-0.25, -0.2) is 0 Å². The summed E-state index contributed by atoms with van der Waals surface area (Å²) in [6.45, 7) is 1.17. The average molecular weight is 381 g/mol. The summed E-state index contributed by atoms with van der Waals surface area (Å²) in [4.78, 5) is 28.8. The Morgan fingerprint density at radius 2 is 1.81 bits per heavy atom. The number of para-hydroxylation sites is 1. The number of amides is 2. The molecule has 3 rings (SSSR count). The van der Waals surface area contributed by atoms with Gasteiger partial charge in [-0.05, 0) is 43.2 Å². The Bertz CT molecular complexity index is 852. The summed E-state index contributed by atoms with van der Waals surface area (Å²) >= 11 is 5.83. The van der Waals surface area contributed by atoms with Crippen molar-refractivity contribution >= 4 is 29.1 Å². The van der Waals surface area contributed by atoms with Crippen LogP contribution in [-0.4, -0.2) is 41.7 Å². The fraction of sp³-hybridized carbons (Fsp3) is 0.273. The van der Waals surface area contributed by atoms with Crippen molar-refractivity contribution in [3.05, 3.63) is 65.7 Å². The van der Waals surface area contributed by atoms with Crippen molar-refractivity contribution < 1.29 is 9.59 Å². The standard InChI is InChI=1S/C22H21ClN2O2/c1-2-17-7-6-8-18(15-17)22(27)24-13-11-20(12-14-24)25(21(26)16-23)19-9-4-3-5-10-19/h1,3-10,15,20H,11-14,16H2. The Morgan fingerprint density at radius 1 is 1.11 bits per heavy atom. The quantitative estimate of drug-likeness (QED) is 0.601. The summed E-state index contributed by atoms with van der Waals surface area (Å²) in [6.07, 6.45) is 6.84. The molecule has 4 nitrogen and oxygen atoms in total. The lowest BCUT2D eigenvalue weighted by Gasteiger charge is -2.38. The van der Waals surface area contributed by atoms with E-state index < -0.39 is 0 Å². The van der Waals surface area contributed by atoms with Crippen LogP contribution >= 0.6 is 11.6 Å². The monoisotopic (exact) mass is 380 g/mol. The molecule has 0 N–H and O–H groups in total. The van der Waals surface area contributed by atoms with Crippen LogP contribution in [0.1, 0.15) is 28.8 Å². The van der Waals surface area contributed by atoms with E-state index in [4.69, 9.17) is 18.0 Å². The van der Waals surface area contributed by atoms with Crippen molar-refractivity contribution in [3.8, 4) is 12.3 Å². The molecule has 0 atom stereocenters. The third-order valence-electron chi connectivity index (χ3n) is 4.81. The van der Waals surface area contributed by atoms with Gasteiger partial charge in [0.1, 0.15) is 5.88 Å². The number of hydrogen-bond donors (Lipinski definition) is 0. The minimum atomic E-state index is -0.116. The van der Waals surface area contributed by atoms with Gasteiger partial charge in [-0.15, -0.1) is 18.0 Å². The largest absolute Gasteiger partial charge is 0.338 e. The topological polar surface area (TPSA) is 40.6 Å². The van der Waals surface area contributed by atoms with Crippen LogP contribution in [0.15, 0.2) is 54.6 Å². The van der Waals surface area contributed by atoms with E-state index >= 15 is 0 Å². The van der Waals surface area contributed by atoms with E-state index in [1.54, 1.807) is 29.2 Å². The van der Waals surface area contributed by atoms with E-state index in [0.717, 1.165) is 5.69 Å². The predicted molar refractivity (Wildman–Crippen MR) is 108 cm³/mol. The summed E-state index contributed by atoms with van der Waals surface area (Å²) in [7, 11) is 0. The lowest BCUT2D eigenvalue weighted by atomic mass is 10.0. The van der Waals surface area contributed by atoms with Gasteiger partial charge in [0.05, 0.1) is 0 Å². The van der Waals surface area contributed by atoms with E-state index in [1.807, 2.05) is 35.2 Å². The van der Waals surface area contributed by atoms with Gasteiger partial charge in [0.2, 0.25) is 5.91 Å². The van der Waals surface area contributed by atoms with Gasteiger partial charge in [-0.3, -0.25) is 9.59 Å². The molecular weight excluding hydrogens is 360 g/mol. The zero-order valence-corrected chi connectivity index (χ0v) is 15.7. The second kappa shape index (κ2) is 8.75. The van der Waals surface area contributed by atoms with Crippen LogP contribution in [0.25, 0.3) is 0 Å². The second-order valence-electron chi connectivity index (χ2n) is 6.48. The maximum atomic E-state index is 12.8. The highest BCUT2D eigenvalue weighted by Crippen LogP contribution is 2.25. The molecule has 5 heteroatoms. The molecule has 1 aliphatic heterocycles. The highest BCUT2D eigenvalue weighted by molar-refractivity contribution is 6.29. The molecule has 2 amide bonds. The Balaban J connectivity index is 1.70. The smallest absolute Gasteiger partial charge is 0.253 e. The molecule has 2 aromatic rings. The molecule has 1 heterocycles. The number of hydrogen-bond acceptors (Lipinski definition) is 2. The number of carbonyl (C=O) groups is 2. The zero-order valence-electron chi connectivity index (χ0n) is 15.0. The van der Waals surface area contributed by atoms with Crippen LogP contribution in [0, 0.1) is 12.3 Å². The Hall–Kier alpha value is -2.77. The molecule has 0 aliphatic carbocycles. The molecule has 1 fully saturated rings. The number of rotatable bonds is 4. The number of piperidine rings is 1. The second-order valence-corrected chi connectivity index (χ2v) is 6.75. The van der Waals surface area contributed by atoms with Gasteiger partial charge >= 0.3 is 0 Å². The highest BCUT2D eigenvalue weighted by atomic mass is 35.5. The number of anilines is 1. The first-order valence-electron chi connectivity index (χ1n) is 8.93. The Kier molecular flexibility index (Phi) is 6.16. The highest BCUT2D eigenvalue weighted by Gasteiger charge is 2.30. The van der Waals surface area contributed by atoms with Crippen molar-refractivity contribution in [1.82, 2.24) is 4.90 Å². The van der Waals surface area contributed by atoms with Crippen LogP contribution in [0.4, 0.5) is 5.69 Å². The number of carbonyl (C=O) groups excluding carboxylic acids is 2. The fourth-order valence-electron chi connectivity index (χ4n) is 3.46. The summed E-state index contributed by atoms with van der Waals surface area (Å²) in [6, 6.07) is 16.7. The van der Waals surface area contributed by atoms with E-state index in [9.17, 15) is 9.59 Å². The van der Waals surface area contributed by atoms with Gasteiger partial charge in [-0.2, -0.15) is 0 Å². The predicted octanol–water partition coefficient (Wildman–Crippen LogP) is 3.54. The van der Waals surface area contributed by atoms with Crippen molar-refractivity contribution in [3.63, 3.8) is 0 Å². The van der Waals surface area contributed by atoms with Gasteiger partial charge in [-0.1, -0.05) is 30.2 Å². The SMILES string of the molecule is C#Cc1cccc(C(=O)N2CCC(N(C(=O)CCl)c3ccccc3)CC2)c1. The normalized spacial score (nSPS) is 14.4. The van der Waals surface area contributed by atoms with Crippen LogP contribution < -0.4 is 4.90 Å². The minimum absolute atomic E-state index is 0.0273. The van der Waals surface area contributed by atoms with Crippen LogP contribution in [-0.2, 0) is 4.79 Å². The van der Waals surface area contributed by atoms with E-state index in [0.29, 0.717) is 37.1 Å². The van der Waals surface area contributed by atoms with Crippen LogP contribution in [0.2, 0.25) is 0 Å². The molecule has 0 unspecified atom stereocenters. The van der Waals surface area contributed by atoms with Crippen LogP contribution in [0.3, 0.4) is 0 Å². The summed E-state index contributed by atoms with van der Waals surface area (Å²) in [5.74, 6) is 2.35. The number of terminal acetylenes is 1. The van der Waals surface area contributed by atoms with E-state index in [2.05, 4.69) is 5.92 Å². The summed E-state index contributed by atoms with van der Waals surface area (Å²) in [5.41, 5.74) is 2.13. The van der Waals surface area contributed by atoms with Crippen molar-refractivity contribution in [2.24, 2.45) is 0 Å². The minimum Gasteiger partial charge on any atom is -0.338 e. The van der Waals surface area contributed by atoms with Gasteiger partial charge in [0.15, 0.2) is 0 Å². The molecule has 0 bridgehead atoms. The number of alkyl halides is 1. The molecule has 1 aliphatic rings. The number of likely N-dealkylation sites (tertiary alicyclic amines) is 1. The van der Waals surface area contributed by atoms with Gasteiger partial charge in [0.25, 0.3) is 5.91 Å². The molecule has 0 saturated carbocycles. The molecule has 0 spiro atoms. The molecule has 2 aromatic carbocycles. The molecule has 138 valence electrons. The third-order valence-corrected chi connectivity index (χ3v) is 5.04. The Morgan fingerprint density at radius 3 is 2.44 bits per heavy atom. The molecule has 0 radical (unpaired) electrons. The van der Waals surface area contributed by atoms with E-state index in [-0.39, 0.29) is 23.7 Å². The molecule has 1 saturated heterocycles. The fourth-order valence-corrected chi connectivity index (χ4v) is 3.59. The Labute approximate surface area is 164 Å².